The van der Waals surface area contributed by atoms with Crippen molar-refractivity contribution in [2.75, 3.05) is 0 Å². The van der Waals surface area contributed by atoms with E-state index in [9.17, 15) is 14.7 Å². The fraction of sp³-hybridized carbons (Fsp3) is 0.211. The van der Waals surface area contributed by atoms with Crippen molar-refractivity contribution in [2.45, 2.75) is 25.6 Å². The van der Waals surface area contributed by atoms with Crippen LogP contribution in [0.4, 0.5) is 4.79 Å². The fourth-order valence-corrected chi connectivity index (χ4v) is 2.54. The van der Waals surface area contributed by atoms with Gasteiger partial charge in [0.05, 0.1) is 6.54 Å². The lowest BCUT2D eigenvalue weighted by Gasteiger charge is -2.14. The largest absolute Gasteiger partial charge is 0.480 e. The first-order valence-corrected chi connectivity index (χ1v) is 8.61. The van der Waals surface area contributed by atoms with Crippen LogP contribution in [0.1, 0.15) is 17.0 Å². The molecule has 0 saturated heterocycles. The molecule has 0 fully saturated rings. The lowest BCUT2D eigenvalue weighted by molar-refractivity contribution is -0.139. The number of alkyl carbamates (subject to hydrolysis) is 1. The van der Waals surface area contributed by atoms with Gasteiger partial charge in [0.2, 0.25) is 0 Å². The lowest BCUT2D eigenvalue weighted by Crippen LogP contribution is -2.43. The molecule has 0 aliphatic rings. The monoisotopic (exact) mass is 381 g/mol. The Morgan fingerprint density at radius 1 is 1.04 bits per heavy atom. The third-order valence-corrected chi connectivity index (χ3v) is 3.97. The van der Waals surface area contributed by atoms with E-state index in [1.807, 2.05) is 48.5 Å². The molecule has 9 heteroatoms. The highest BCUT2D eigenvalue weighted by Gasteiger charge is 2.24. The van der Waals surface area contributed by atoms with E-state index in [1.54, 1.807) is 12.1 Å². The first kappa shape index (κ1) is 19.0. The van der Waals surface area contributed by atoms with Crippen molar-refractivity contribution in [2.24, 2.45) is 0 Å². The first-order valence-electron chi connectivity index (χ1n) is 8.61. The van der Waals surface area contributed by atoms with E-state index in [2.05, 4.69) is 20.8 Å². The summed E-state index contributed by atoms with van der Waals surface area (Å²) in [6.07, 6.45) is -0.895. The van der Waals surface area contributed by atoms with E-state index < -0.39 is 18.1 Å². The molecular weight excluding hydrogens is 362 g/mol. The first-order chi connectivity index (χ1) is 13.6. The summed E-state index contributed by atoms with van der Waals surface area (Å²) in [7, 11) is 0. The molecule has 28 heavy (non-hydrogen) atoms. The molecule has 0 saturated carbocycles. The molecule has 2 N–H and O–H groups in total. The molecule has 1 amide bonds. The summed E-state index contributed by atoms with van der Waals surface area (Å²) in [6, 6.07) is 17.4. The number of aromatic nitrogens is 4. The Hall–Kier alpha value is -3.75. The van der Waals surface area contributed by atoms with Crippen molar-refractivity contribution < 1.29 is 19.4 Å². The van der Waals surface area contributed by atoms with Crippen LogP contribution in [0.2, 0.25) is 0 Å². The van der Waals surface area contributed by atoms with Crippen molar-refractivity contribution in [3.05, 3.63) is 77.6 Å². The number of tetrazole rings is 1. The predicted molar refractivity (Wildman–Crippen MR) is 98.3 cm³/mol. The minimum atomic E-state index is -1.22. The van der Waals surface area contributed by atoms with E-state index in [0.29, 0.717) is 12.4 Å². The summed E-state index contributed by atoms with van der Waals surface area (Å²) >= 11 is 0. The van der Waals surface area contributed by atoms with E-state index in [1.165, 1.54) is 4.68 Å². The fourth-order valence-electron chi connectivity index (χ4n) is 2.54. The molecule has 3 rings (SSSR count). The normalized spacial score (nSPS) is 11.6. The number of benzene rings is 2. The van der Waals surface area contributed by atoms with Gasteiger partial charge in [0.15, 0.2) is 5.82 Å². The highest BCUT2D eigenvalue weighted by Crippen LogP contribution is 2.06. The molecule has 1 atom stereocenters. The minimum absolute atomic E-state index is 0.0464. The van der Waals surface area contributed by atoms with Crippen LogP contribution in [0.25, 0.3) is 0 Å². The Morgan fingerprint density at radius 2 is 1.68 bits per heavy atom. The van der Waals surface area contributed by atoms with Crippen molar-refractivity contribution in [3.8, 4) is 0 Å². The summed E-state index contributed by atoms with van der Waals surface area (Å²) in [5.41, 5.74) is 1.77. The average Bonchev–Trinajstić information content (AvgIpc) is 3.14. The predicted octanol–water partition coefficient (Wildman–Crippen LogP) is 1.64. The van der Waals surface area contributed by atoms with Crippen molar-refractivity contribution >= 4 is 12.1 Å². The maximum absolute atomic E-state index is 12.0. The maximum atomic E-state index is 12.0. The lowest BCUT2D eigenvalue weighted by atomic mass is 10.2. The second-order valence-corrected chi connectivity index (χ2v) is 6.04. The quantitative estimate of drug-likeness (QED) is 0.609. The van der Waals surface area contributed by atoms with Gasteiger partial charge in [-0.1, -0.05) is 60.7 Å². The summed E-state index contributed by atoms with van der Waals surface area (Å²) in [5, 5.41) is 23.2. The van der Waals surface area contributed by atoms with Crippen LogP contribution in [0.15, 0.2) is 60.7 Å². The molecule has 1 heterocycles. The number of nitrogens with zero attached hydrogens (tertiary/aromatic N) is 4. The van der Waals surface area contributed by atoms with E-state index in [4.69, 9.17) is 4.74 Å². The number of amides is 1. The molecule has 2 aromatic carbocycles. The number of nitrogens with one attached hydrogen (secondary N) is 1. The van der Waals surface area contributed by atoms with Gasteiger partial charge in [0, 0.05) is 6.42 Å². The second kappa shape index (κ2) is 9.26. The van der Waals surface area contributed by atoms with Gasteiger partial charge < -0.3 is 15.2 Å². The molecular formula is C19H19N5O4. The second-order valence-electron chi connectivity index (χ2n) is 6.04. The van der Waals surface area contributed by atoms with E-state index in [0.717, 1.165) is 11.1 Å². The van der Waals surface area contributed by atoms with E-state index >= 15 is 0 Å². The Morgan fingerprint density at radius 3 is 2.32 bits per heavy atom. The van der Waals surface area contributed by atoms with Crippen LogP contribution in [0.5, 0.6) is 0 Å². The van der Waals surface area contributed by atoms with Gasteiger partial charge in [-0.3, -0.25) is 0 Å². The standard InChI is InChI=1S/C19H19N5O4/c25-18(26)16(20-19(27)28-13-15-9-5-2-6-10-15)11-17-21-22-23-24(17)12-14-7-3-1-4-8-14/h1-10,16H,11-13H2,(H,20,27)(H,25,26). The Bertz CT molecular complexity index is 914. The Kier molecular flexibility index (Phi) is 6.29. The molecule has 0 bridgehead atoms. The van der Waals surface area contributed by atoms with Crippen molar-refractivity contribution in [1.82, 2.24) is 25.5 Å². The number of carboxylic acids is 1. The highest BCUT2D eigenvalue weighted by atomic mass is 16.5. The number of ether oxygens (including phenoxy) is 1. The Labute approximate surface area is 160 Å². The maximum Gasteiger partial charge on any atom is 0.408 e. The molecule has 0 aliphatic heterocycles. The third kappa shape index (κ3) is 5.37. The van der Waals surface area contributed by atoms with Crippen LogP contribution < -0.4 is 5.32 Å². The summed E-state index contributed by atoms with van der Waals surface area (Å²) in [6.45, 7) is 0.443. The minimum Gasteiger partial charge on any atom is -0.480 e. The molecule has 1 unspecified atom stereocenters. The zero-order valence-electron chi connectivity index (χ0n) is 14.9. The van der Waals surface area contributed by atoms with E-state index in [-0.39, 0.29) is 13.0 Å². The van der Waals surface area contributed by atoms with Crippen LogP contribution in [-0.2, 0) is 29.1 Å². The summed E-state index contributed by atoms with van der Waals surface area (Å²) in [5.74, 6) is -0.856. The molecule has 1 aromatic heterocycles. The smallest absolute Gasteiger partial charge is 0.408 e. The SMILES string of the molecule is O=C(NC(Cc1nnnn1Cc1ccccc1)C(=O)O)OCc1ccccc1. The number of carbonyl (C=O) groups excluding carboxylic acids is 1. The zero-order chi connectivity index (χ0) is 19.8. The zero-order valence-corrected chi connectivity index (χ0v) is 14.9. The van der Waals surface area contributed by atoms with Gasteiger partial charge in [0.1, 0.15) is 12.6 Å². The van der Waals surface area contributed by atoms with Gasteiger partial charge in [-0.25, -0.2) is 14.3 Å². The Balaban J connectivity index is 1.60. The topological polar surface area (TPSA) is 119 Å². The molecule has 0 aliphatic carbocycles. The molecule has 144 valence electrons. The summed E-state index contributed by atoms with van der Waals surface area (Å²) in [4.78, 5) is 23.5. The molecule has 0 radical (unpaired) electrons. The molecule has 0 spiro atoms. The number of aliphatic carboxylic acids is 1. The number of rotatable bonds is 8. The van der Waals surface area contributed by atoms with Gasteiger partial charge in [-0.05, 0) is 21.6 Å². The average molecular weight is 381 g/mol. The number of hydrogen-bond donors (Lipinski definition) is 2. The molecule has 3 aromatic rings. The van der Waals surface area contributed by atoms with Crippen LogP contribution in [0.3, 0.4) is 0 Å². The van der Waals surface area contributed by atoms with Gasteiger partial charge in [-0.2, -0.15) is 0 Å². The number of hydrogen-bond acceptors (Lipinski definition) is 6. The van der Waals surface area contributed by atoms with Crippen LogP contribution >= 0.6 is 0 Å². The van der Waals surface area contributed by atoms with Crippen LogP contribution in [0, 0.1) is 0 Å². The van der Waals surface area contributed by atoms with Gasteiger partial charge >= 0.3 is 12.1 Å². The molecule has 9 nitrogen and oxygen atoms in total. The number of carbonyl (C=O) groups is 2. The number of carboxylic acid groups (broad SMARTS) is 1. The van der Waals surface area contributed by atoms with Gasteiger partial charge in [0.25, 0.3) is 0 Å². The van der Waals surface area contributed by atoms with Crippen molar-refractivity contribution in [3.63, 3.8) is 0 Å². The van der Waals surface area contributed by atoms with Gasteiger partial charge in [-0.15, -0.1) is 5.10 Å². The van der Waals surface area contributed by atoms with Crippen molar-refractivity contribution in [1.29, 1.82) is 0 Å². The van der Waals surface area contributed by atoms with Crippen LogP contribution in [-0.4, -0.2) is 43.4 Å². The summed E-state index contributed by atoms with van der Waals surface area (Å²) < 4.78 is 6.58. The highest BCUT2D eigenvalue weighted by molar-refractivity contribution is 5.80. The third-order valence-electron chi connectivity index (χ3n) is 3.97.